The third kappa shape index (κ3) is 3.95. The van der Waals surface area contributed by atoms with Crippen LogP contribution < -0.4 is 10.2 Å². The lowest BCUT2D eigenvalue weighted by molar-refractivity contribution is 0.434. The molecule has 5 nitrogen and oxygen atoms in total. The number of rotatable bonds is 4. The first kappa shape index (κ1) is 21.8. The fraction of sp³-hybridized carbons (Fsp3) is 0.120. The average Bonchev–Trinajstić information content (AvgIpc) is 3.42. The van der Waals surface area contributed by atoms with Gasteiger partial charge in [0.25, 0.3) is 0 Å². The van der Waals surface area contributed by atoms with E-state index in [1.165, 1.54) is 0 Å². The molecule has 1 saturated heterocycles. The van der Waals surface area contributed by atoms with Gasteiger partial charge in [0.1, 0.15) is 23.3 Å². The molecule has 2 aromatic carbocycles. The van der Waals surface area contributed by atoms with Crippen LogP contribution in [0.15, 0.2) is 77.3 Å². The topological polar surface area (TPSA) is 61.5 Å². The number of pyridine rings is 1. The molecule has 0 bridgehead atoms. The van der Waals surface area contributed by atoms with E-state index in [2.05, 4.69) is 10.3 Å². The summed E-state index contributed by atoms with van der Waals surface area (Å²) >= 11 is 18.3. The molecule has 0 saturated carbocycles. The molecule has 2 N–H and O–H groups in total. The van der Waals surface area contributed by atoms with E-state index in [-0.39, 0.29) is 11.8 Å². The van der Waals surface area contributed by atoms with E-state index in [4.69, 9.17) is 39.8 Å². The molecule has 1 aliphatic heterocycles. The number of nitrogens with one attached hydrogen (secondary N) is 1. The summed E-state index contributed by atoms with van der Waals surface area (Å²) in [5.41, 5.74) is 3.13. The van der Waals surface area contributed by atoms with E-state index in [0.29, 0.717) is 32.4 Å². The Bertz CT molecular complexity index is 1340. The molecule has 0 spiro atoms. The van der Waals surface area contributed by atoms with Crippen LogP contribution in [0.1, 0.15) is 29.1 Å². The fourth-order valence-electron chi connectivity index (χ4n) is 4.12. The first-order valence-electron chi connectivity index (χ1n) is 10.3. The van der Waals surface area contributed by atoms with Gasteiger partial charge in [-0.15, -0.1) is 0 Å². The molecule has 4 aromatic rings. The number of anilines is 1. The molecule has 0 amide bonds. The number of phenols is 1. The second kappa shape index (κ2) is 8.71. The molecule has 2 atom stereocenters. The van der Waals surface area contributed by atoms with Crippen LogP contribution in [0, 0.1) is 6.92 Å². The summed E-state index contributed by atoms with van der Waals surface area (Å²) < 4.78 is 6.37. The third-order valence-corrected chi connectivity index (χ3v) is 6.71. The number of nitrogens with zero attached hydrogens (tertiary/aromatic N) is 2. The fourth-order valence-corrected chi connectivity index (χ4v) is 4.80. The Labute approximate surface area is 206 Å². The summed E-state index contributed by atoms with van der Waals surface area (Å²) in [4.78, 5) is 6.36. The zero-order valence-electron chi connectivity index (χ0n) is 17.5. The maximum Gasteiger partial charge on any atom is 0.174 e. The van der Waals surface area contributed by atoms with E-state index in [1.54, 1.807) is 24.4 Å². The summed E-state index contributed by atoms with van der Waals surface area (Å²) in [6.07, 6.45) is 1.74. The van der Waals surface area contributed by atoms with Gasteiger partial charge in [-0.05, 0) is 73.2 Å². The molecule has 3 heterocycles. The molecule has 1 fully saturated rings. The highest BCUT2D eigenvalue weighted by Gasteiger charge is 2.43. The SMILES string of the molecule is Cc1c(Cl)cccc1-c1ccc([C@H]2[C@@H](c3ccccn3)NC(=S)N2c2cc(Cl)ccc2O)o1. The molecule has 8 heteroatoms. The number of phenolic OH excluding ortho intramolecular Hbond substituents is 1. The Hall–Kier alpha value is -3.06. The molecule has 1 aliphatic rings. The van der Waals surface area contributed by atoms with Crippen molar-refractivity contribution >= 4 is 46.2 Å². The van der Waals surface area contributed by atoms with Crippen molar-refractivity contribution in [3.63, 3.8) is 0 Å². The summed E-state index contributed by atoms with van der Waals surface area (Å²) in [6.45, 7) is 1.96. The minimum absolute atomic E-state index is 0.0627. The standard InChI is InChI=1S/C25H19Cl2N3O2S/c1-14-16(5-4-6-17(14)27)21-10-11-22(32-21)24-23(18-7-2-3-12-28-18)29-25(33)30(24)19-13-15(26)8-9-20(19)31/h2-13,23-24,31H,1H3,(H,29,33)/t23-,24+/m1/s1. The average molecular weight is 496 g/mol. The van der Waals surface area contributed by atoms with Crippen LogP contribution in [-0.4, -0.2) is 15.2 Å². The summed E-state index contributed by atoms with van der Waals surface area (Å²) in [5, 5.41) is 15.6. The number of hydrogen-bond acceptors (Lipinski definition) is 4. The van der Waals surface area contributed by atoms with Gasteiger partial charge in [0, 0.05) is 21.8 Å². The van der Waals surface area contributed by atoms with Gasteiger partial charge in [-0.2, -0.15) is 0 Å². The van der Waals surface area contributed by atoms with Gasteiger partial charge in [0.2, 0.25) is 0 Å². The van der Waals surface area contributed by atoms with Gasteiger partial charge in [-0.1, -0.05) is 41.4 Å². The lowest BCUT2D eigenvalue weighted by atomic mass is 10.0. The number of hydrogen-bond donors (Lipinski definition) is 2. The molecule has 0 aliphatic carbocycles. The maximum atomic E-state index is 10.6. The van der Waals surface area contributed by atoms with Crippen LogP contribution in [0.4, 0.5) is 5.69 Å². The molecule has 33 heavy (non-hydrogen) atoms. The lowest BCUT2D eigenvalue weighted by Crippen LogP contribution is -2.29. The van der Waals surface area contributed by atoms with Gasteiger partial charge in [0.15, 0.2) is 5.11 Å². The van der Waals surface area contributed by atoms with E-state index < -0.39 is 6.04 Å². The highest BCUT2D eigenvalue weighted by atomic mass is 35.5. The van der Waals surface area contributed by atoms with E-state index in [9.17, 15) is 5.11 Å². The largest absolute Gasteiger partial charge is 0.506 e. The number of thiocarbonyl (C=S) groups is 1. The van der Waals surface area contributed by atoms with Crippen molar-refractivity contribution in [1.82, 2.24) is 10.3 Å². The number of benzene rings is 2. The van der Waals surface area contributed by atoms with Crippen LogP contribution in [0.25, 0.3) is 11.3 Å². The van der Waals surface area contributed by atoms with Crippen molar-refractivity contribution in [2.24, 2.45) is 0 Å². The second-order valence-electron chi connectivity index (χ2n) is 7.74. The number of furan rings is 1. The van der Waals surface area contributed by atoms with Gasteiger partial charge in [-0.3, -0.25) is 4.98 Å². The lowest BCUT2D eigenvalue weighted by Gasteiger charge is -2.26. The molecule has 166 valence electrons. The van der Waals surface area contributed by atoms with Crippen LogP contribution >= 0.6 is 35.4 Å². The van der Waals surface area contributed by atoms with Crippen molar-refractivity contribution in [2.45, 2.75) is 19.0 Å². The summed E-state index contributed by atoms with van der Waals surface area (Å²) in [6, 6.07) is 19.4. The molecule has 5 rings (SSSR count). The predicted octanol–water partition coefficient (Wildman–Crippen LogP) is 6.84. The van der Waals surface area contributed by atoms with Crippen molar-refractivity contribution in [2.75, 3.05) is 4.90 Å². The normalized spacial score (nSPS) is 17.9. The van der Waals surface area contributed by atoms with Gasteiger partial charge in [-0.25, -0.2) is 0 Å². The summed E-state index contributed by atoms with van der Waals surface area (Å²) in [5.74, 6) is 1.41. The Morgan fingerprint density at radius 1 is 1.06 bits per heavy atom. The Balaban J connectivity index is 1.64. The van der Waals surface area contributed by atoms with Crippen LogP contribution in [0.2, 0.25) is 10.0 Å². The molecule has 0 radical (unpaired) electrons. The second-order valence-corrected chi connectivity index (χ2v) is 8.97. The number of aromatic hydroxyl groups is 1. The minimum atomic E-state index is -0.412. The maximum absolute atomic E-state index is 10.6. The highest BCUT2D eigenvalue weighted by Crippen LogP contribution is 2.46. The molecule has 2 aromatic heterocycles. The molecular weight excluding hydrogens is 477 g/mol. The third-order valence-electron chi connectivity index (χ3n) is 5.75. The van der Waals surface area contributed by atoms with Crippen molar-refractivity contribution < 1.29 is 9.52 Å². The quantitative estimate of drug-likeness (QED) is 0.302. The van der Waals surface area contributed by atoms with Crippen LogP contribution in [0.5, 0.6) is 5.75 Å². The number of aromatic nitrogens is 1. The molecule has 0 unspecified atom stereocenters. The van der Waals surface area contributed by atoms with E-state index >= 15 is 0 Å². The van der Waals surface area contributed by atoms with E-state index in [0.717, 1.165) is 16.8 Å². The predicted molar refractivity (Wildman–Crippen MR) is 135 cm³/mol. The highest BCUT2D eigenvalue weighted by molar-refractivity contribution is 7.80. The number of halogens is 2. The zero-order chi connectivity index (χ0) is 23.1. The van der Waals surface area contributed by atoms with Crippen LogP contribution in [-0.2, 0) is 0 Å². The van der Waals surface area contributed by atoms with Crippen molar-refractivity contribution in [3.8, 4) is 17.1 Å². The monoisotopic (exact) mass is 495 g/mol. The zero-order valence-corrected chi connectivity index (χ0v) is 19.8. The smallest absolute Gasteiger partial charge is 0.174 e. The van der Waals surface area contributed by atoms with Crippen molar-refractivity contribution in [3.05, 3.63) is 100.0 Å². The van der Waals surface area contributed by atoms with Crippen molar-refractivity contribution in [1.29, 1.82) is 0 Å². The first-order valence-corrected chi connectivity index (χ1v) is 11.4. The van der Waals surface area contributed by atoms with Gasteiger partial charge in [0.05, 0.1) is 17.4 Å². The minimum Gasteiger partial charge on any atom is -0.506 e. The Morgan fingerprint density at radius 3 is 2.70 bits per heavy atom. The van der Waals surface area contributed by atoms with Crippen LogP contribution in [0.3, 0.4) is 0 Å². The Kier molecular flexibility index (Phi) is 5.74. The van der Waals surface area contributed by atoms with E-state index in [1.807, 2.05) is 60.4 Å². The van der Waals surface area contributed by atoms with Gasteiger partial charge < -0.3 is 19.7 Å². The summed E-state index contributed by atoms with van der Waals surface area (Å²) in [7, 11) is 0. The molecular formula is C25H19Cl2N3O2S. The van der Waals surface area contributed by atoms with Gasteiger partial charge >= 0.3 is 0 Å². The first-order chi connectivity index (χ1) is 15.9. The Morgan fingerprint density at radius 2 is 1.91 bits per heavy atom.